The molecule has 5 nitrogen and oxygen atoms in total. The molecule has 2 aliphatic heterocycles. The van der Waals surface area contributed by atoms with E-state index in [1.807, 2.05) is 5.41 Å². The molecule has 1 aromatic rings. The van der Waals surface area contributed by atoms with Crippen LogP contribution in [0.4, 0.5) is 5.69 Å². The number of anilines is 1. The predicted octanol–water partition coefficient (Wildman–Crippen LogP) is 1.04. The number of aromatic nitrogens is 2. The van der Waals surface area contributed by atoms with Crippen molar-refractivity contribution < 1.29 is 5.11 Å². The molecule has 7 heteroatoms. The van der Waals surface area contributed by atoms with Crippen molar-refractivity contribution in [2.24, 2.45) is 0 Å². The van der Waals surface area contributed by atoms with E-state index in [1.54, 1.807) is 27.4 Å². The number of rotatable bonds is 1. The lowest BCUT2D eigenvalue weighted by Crippen LogP contribution is -2.28. The molecule has 1 N–H and O–H groups in total. The van der Waals surface area contributed by atoms with E-state index in [1.165, 1.54) is 11.8 Å². The number of thioether (sulfide) groups is 2. The normalized spacial score (nSPS) is 18.1. The maximum atomic E-state index is 12.1. The van der Waals surface area contributed by atoms with Crippen LogP contribution in [-0.4, -0.2) is 26.3 Å². The Morgan fingerprint density at radius 3 is 3.12 bits per heavy atom. The third-order valence-electron chi connectivity index (χ3n) is 2.48. The fourth-order valence-corrected chi connectivity index (χ4v) is 3.36. The Morgan fingerprint density at radius 1 is 1.50 bits per heavy atom. The van der Waals surface area contributed by atoms with Gasteiger partial charge in [-0.05, 0) is 5.41 Å². The number of hydrogen-bond donors (Lipinski definition) is 1. The zero-order valence-corrected chi connectivity index (χ0v) is 9.92. The third-order valence-corrected chi connectivity index (χ3v) is 4.17. The van der Waals surface area contributed by atoms with Gasteiger partial charge in [0.05, 0.1) is 5.88 Å². The first-order chi connectivity index (χ1) is 7.77. The van der Waals surface area contributed by atoms with Crippen LogP contribution in [0.2, 0.25) is 0 Å². The van der Waals surface area contributed by atoms with Crippen LogP contribution in [-0.2, 0) is 6.54 Å². The van der Waals surface area contributed by atoms with Crippen LogP contribution in [0.25, 0.3) is 0 Å². The van der Waals surface area contributed by atoms with E-state index in [0.717, 1.165) is 5.75 Å². The number of aromatic hydroxyl groups is 1. The average molecular weight is 255 g/mol. The van der Waals surface area contributed by atoms with Gasteiger partial charge in [-0.25, -0.2) is 0 Å². The van der Waals surface area contributed by atoms with Crippen molar-refractivity contribution in [2.75, 3.05) is 16.5 Å². The van der Waals surface area contributed by atoms with Gasteiger partial charge in [0.25, 0.3) is 5.56 Å². The minimum absolute atomic E-state index is 0.153. The Morgan fingerprint density at radius 2 is 2.38 bits per heavy atom. The van der Waals surface area contributed by atoms with Crippen molar-refractivity contribution >= 4 is 29.2 Å². The van der Waals surface area contributed by atoms with E-state index >= 15 is 0 Å². The first kappa shape index (κ1) is 10.1. The smallest absolute Gasteiger partial charge is 0.282 e. The quantitative estimate of drug-likeness (QED) is 0.757. The summed E-state index contributed by atoms with van der Waals surface area (Å²) in [6.07, 6.45) is 1.79. The Kier molecular flexibility index (Phi) is 2.36. The van der Waals surface area contributed by atoms with Crippen molar-refractivity contribution in [1.29, 1.82) is 0 Å². The molecule has 0 aromatic carbocycles. The van der Waals surface area contributed by atoms with E-state index in [4.69, 9.17) is 0 Å². The molecule has 0 fully saturated rings. The van der Waals surface area contributed by atoms with E-state index in [2.05, 4.69) is 4.98 Å². The first-order valence-electron chi connectivity index (χ1n) is 4.79. The molecular formula is C9H9N3O2S2. The van der Waals surface area contributed by atoms with Crippen LogP contribution in [0.3, 0.4) is 0 Å². The predicted molar refractivity (Wildman–Crippen MR) is 65.0 cm³/mol. The van der Waals surface area contributed by atoms with Crippen LogP contribution in [0.15, 0.2) is 21.6 Å². The summed E-state index contributed by atoms with van der Waals surface area (Å²) in [5.74, 6) is 1.32. The largest absolute Gasteiger partial charge is 0.492 e. The molecule has 3 rings (SSSR count). The molecule has 1 aromatic heterocycles. The molecule has 0 unspecified atom stereocenters. The topological polar surface area (TPSA) is 58.4 Å². The Labute approximate surface area is 100 Å². The summed E-state index contributed by atoms with van der Waals surface area (Å²) in [6.45, 7) is 0.670. The van der Waals surface area contributed by atoms with Crippen LogP contribution in [0.5, 0.6) is 5.88 Å². The van der Waals surface area contributed by atoms with Gasteiger partial charge in [0.2, 0.25) is 5.88 Å². The van der Waals surface area contributed by atoms with Crippen LogP contribution in [0.1, 0.15) is 0 Å². The zero-order valence-electron chi connectivity index (χ0n) is 8.29. The van der Waals surface area contributed by atoms with Crippen molar-refractivity contribution in [1.82, 2.24) is 9.55 Å². The van der Waals surface area contributed by atoms with Gasteiger partial charge in [0, 0.05) is 18.5 Å². The molecule has 0 atom stereocenters. The fourth-order valence-electron chi connectivity index (χ4n) is 1.72. The average Bonchev–Trinajstić information content (AvgIpc) is 2.87. The highest BCUT2D eigenvalue weighted by molar-refractivity contribution is 8.02. The summed E-state index contributed by atoms with van der Waals surface area (Å²) in [7, 11) is 0. The molecule has 0 saturated heterocycles. The molecule has 0 radical (unpaired) electrons. The second-order valence-corrected chi connectivity index (χ2v) is 5.35. The number of nitrogens with zero attached hydrogens (tertiary/aromatic N) is 3. The summed E-state index contributed by atoms with van der Waals surface area (Å²) < 4.78 is 1.62. The van der Waals surface area contributed by atoms with Gasteiger partial charge in [-0.3, -0.25) is 9.36 Å². The summed E-state index contributed by atoms with van der Waals surface area (Å²) in [6, 6.07) is 0. The molecule has 2 aliphatic rings. The summed E-state index contributed by atoms with van der Waals surface area (Å²) >= 11 is 3.08. The van der Waals surface area contributed by atoms with Gasteiger partial charge in [0.15, 0.2) is 10.8 Å². The van der Waals surface area contributed by atoms with Gasteiger partial charge < -0.3 is 10.0 Å². The fraction of sp³-hybridized carbons (Fsp3) is 0.333. The Hall–Kier alpha value is -1.08. The molecule has 0 amide bonds. The van der Waals surface area contributed by atoms with Gasteiger partial charge >= 0.3 is 0 Å². The highest BCUT2D eigenvalue weighted by Gasteiger charge is 2.24. The molecule has 0 aliphatic carbocycles. The maximum Gasteiger partial charge on any atom is 0.282 e. The van der Waals surface area contributed by atoms with Gasteiger partial charge in [0.1, 0.15) is 0 Å². The van der Waals surface area contributed by atoms with E-state index in [0.29, 0.717) is 17.6 Å². The third kappa shape index (κ3) is 1.42. The molecular weight excluding hydrogens is 246 g/mol. The van der Waals surface area contributed by atoms with E-state index in [9.17, 15) is 9.90 Å². The monoisotopic (exact) mass is 255 g/mol. The number of hydrogen-bond acceptors (Lipinski definition) is 6. The molecule has 84 valence electrons. The number of fused-ring (bicyclic) bond motifs is 1. The highest BCUT2D eigenvalue weighted by Crippen LogP contribution is 2.31. The van der Waals surface area contributed by atoms with Crippen molar-refractivity contribution in [2.45, 2.75) is 11.7 Å². The lowest BCUT2D eigenvalue weighted by Gasteiger charge is -2.15. The Balaban J connectivity index is 2.18. The first-order valence-corrected chi connectivity index (χ1v) is 6.82. The molecule has 3 heterocycles. The second kappa shape index (κ2) is 3.74. The lowest BCUT2D eigenvalue weighted by atomic mass is 10.4. The van der Waals surface area contributed by atoms with E-state index in [-0.39, 0.29) is 17.1 Å². The van der Waals surface area contributed by atoms with Gasteiger partial charge in [-0.15, -0.1) is 11.8 Å². The van der Waals surface area contributed by atoms with Crippen molar-refractivity contribution in [3.8, 4) is 5.88 Å². The minimum Gasteiger partial charge on any atom is -0.492 e. The zero-order chi connectivity index (χ0) is 11.1. The van der Waals surface area contributed by atoms with Crippen LogP contribution < -0.4 is 10.5 Å². The standard InChI is InChI=1S/C9H9N3O2S2/c13-7-6(11-1-3-15-5-11)8(14)12-2-4-16-9(12)10-7/h1,3,13H,2,4-5H2. The van der Waals surface area contributed by atoms with E-state index < -0.39 is 0 Å². The molecule has 16 heavy (non-hydrogen) atoms. The highest BCUT2D eigenvalue weighted by atomic mass is 32.2. The molecule has 0 bridgehead atoms. The maximum absolute atomic E-state index is 12.1. The van der Waals surface area contributed by atoms with Crippen molar-refractivity contribution in [3.63, 3.8) is 0 Å². The Bertz CT molecular complexity index is 526. The summed E-state index contributed by atoms with van der Waals surface area (Å²) in [5.41, 5.74) is 0.132. The minimum atomic E-state index is -0.169. The summed E-state index contributed by atoms with van der Waals surface area (Å²) in [4.78, 5) is 17.9. The lowest BCUT2D eigenvalue weighted by molar-refractivity contribution is 0.437. The molecule has 0 spiro atoms. The van der Waals surface area contributed by atoms with Gasteiger partial charge in [-0.2, -0.15) is 4.98 Å². The van der Waals surface area contributed by atoms with Crippen molar-refractivity contribution in [3.05, 3.63) is 22.0 Å². The van der Waals surface area contributed by atoms with Crippen LogP contribution in [0, 0.1) is 0 Å². The molecule has 0 saturated carbocycles. The van der Waals surface area contributed by atoms with Gasteiger partial charge in [-0.1, -0.05) is 11.8 Å². The SMILES string of the molecule is O=c1c(N2C=CSC2)c(O)nc2n1CCS2. The van der Waals surface area contributed by atoms with Crippen LogP contribution >= 0.6 is 23.5 Å². The summed E-state index contributed by atoms with van der Waals surface area (Å²) in [5, 5.41) is 12.3. The second-order valence-electron chi connectivity index (χ2n) is 3.42.